The molecule has 0 atom stereocenters. The van der Waals surface area contributed by atoms with Gasteiger partial charge in [0.25, 0.3) is 0 Å². The monoisotopic (exact) mass is 400 g/mol. The summed E-state index contributed by atoms with van der Waals surface area (Å²) in [7, 11) is 1.66. The third-order valence-corrected chi connectivity index (χ3v) is 19.5. The summed E-state index contributed by atoms with van der Waals surface area (Å²) in [6.07, 6.45) is 7.95. The van der Waals surface area contributed by atoms with Crippen LogP contribution in [0, 0.1) is 0 Å². The first-order chi connectivity index (χ1) is 10.2. The van der Waals surface area contributed by atoms with Gasteiger partial charge < -0.3 is 0 Å². The molecule has 0 aliphatic heterocycles. The van der Waals surface area contributed by atoms with E-state index in [9.17, 15) is 0 Å². The molecule has 4 heteroatoms. The first-order valence-corrected chi connectivity index (χ1v) is 16.1. The Balaban J connectivity index is 3.02. The fourth-order valence-corrected chi connectivity index (χ4v) is 18.2. The Hall–Kier alpha value is -0.321. The summed E-state index contributed by atoms with van der Waals surface area (Å²) < 4.78 is 10.9. The van der Waals surface area contributed by atoms with Crippen molar-refractivity contribution in [2.45, 2.75) is 72.6 Å². The van der Waals surface area contributed by atoms with Crippen LogP contribution in [-0.4, -0.2) is 35.7 Å². The molecular weight excluding hydrogens is 367 g/mol. The average molecular weight is 399 g/mol. The van der Waals surface area contributed by atoms with Crippen molar-refractivity contribution in [1.29, 1.82) is 0 Å². The molecule has 1 heterocycles. The van der Waals surface area contributed by atoms with Gasteiger partial charge in [-0.25, -0.2) is 0 Å². The Morgan fingerprint density at radius 3 is 1.71 bits per heavy atom. The molecule has 0 N–H and O–H groups in total. The van der Waals surface area contributed by atoms with E-state index in [1.54, 1.807) is 7.11 Å². The Morgan fingerprint density at radius 2 is 1.38 bits per heavy atom. The van der Waals surface area contributed by atoms with Crippen LogP contribution in [0.1, 0.15) is 59.3 Å². The van der Waals surface area contributed by atoms with E-state index < -0.39 is 18.4 Å². The maximum absolute atomic E-state index is 5.17. The second kappa shape index (κ2) is 10.4. The molecule has 0 spiro atoms. The summed E-state index contributed by atoms with van der Waals surface area (Å²) in [5.41, 5.74) is 0. The topological polar surface area (TPSA) is 35.0 Å². The molecule has 0 aliphatic rings. The molecule has 0 unspecified atom stereocenters. The average Bonchev–Trinajstić information content (AvgIpc) is 2.55. The van der Waals surface area contributed by atoms with E-state index in [0.29, 0.717) is 5.88 Å². The van der Waals surface area contributed by atoms with Crippen molar-refractivity contribution in [3.63, 3.8) is 0 Å². The van der Waals surface area contributed by atoms with Crippen molar-refractivity contribution in [3.05, 3.63) is 12.1 Å². The van der Waals surface area contributed by atoms with Crippen LogP contribution in [0.3, 0.4) is 0 Å². The molecule has 0 aromatic carbocycles. The van der Waals surface area contributed by atoms with Gasteiger partial charge in [-0.05, 0) is 0 Å². The van der Waals surface area contributed by atoms with Crippen LogP contribution >= 0.6 is 0 Å². The molecule has 0 radical (unpaired) electrons. The molecular formula is C17H32N2OSn. The Morgan fingerprint density at radius 1 is 0.857 bits per heavy atom. The minimum absolute atomic E-state index is 0.639. The number of ether oxygens (including phenoxy) is 1. The first kappa shape index (κ1) is 18.7. The third-order valence-electron chi connectivity index (χ3n) is 4.42. The van der Waals surface area contributed by atoms with Gasteiger partial charge in [-0.2, -0.15) is 0 Å². The molecule has 0 aliphatic carbocycles. The van der Waals surface area contributed by atoms with Crippen molar-refractivity contribution in [1.82, 2.24) is 10.2 Å². The number of rotatable bonds is 11. The SMILES string of the molecule is CCC[CH2][Sn]([CH2]CCC)([CH2]CCC)[c]1ccc(OC)nn1. The second-order valence-electron chi connectivity index (χ2n) is 6.05. The number of hydrogen-bond acceptors (Lipinski definition) is 3. The van der Waals surface area contributed by atoms with E-state index >= 15 is 0 Å². The van der Waals surface area contributed by atoms with Gasteiger partial charge in [0.05, 0.1) is 0 Å². The fraction of sp³-hybridized carbons (Fsp3) is 0.765. The first-order valence-electron chi connectivity index (χ1n) is 8.60. The zero-order chi connectivity index (χ0) is 15.6. The van der Waals surface area contributed by atoms with Gasteiger partial charge in [-0.1, -0.05) is 0 Å². The number of hydrogen-bond donors (Lipinski definition) is 0. The molecule has 120 valence electrons. The van der Waals surface area contributed by atoms with Gasteiger partial charge in [0, 0.05) is 0 Å². The number of nitrogens with zero attached hydrogens (tertiary/aromatic N) is 2. The van der Waals surface area contributed by atoms with Crippen LogP contribution in [0.25, 0.3) is 0 Å². The Labute approximate surface area is 134 Å². The normalized spacial score (nSPS) is 11.6. The Bertz CT molecular complexity index is 359. The summed E-state index contributed by atoms with van der Waals surface area (Å²) in [5.74, 6) is 0.639. The van der Waals surface area contributed by atoms with Crippen molar-refractivity contribution >= 4 is 22.1 Å². The van der Waals surface area contributed by atoms with Crippen molar-refractivity contribution in [2.75, 3.05) is 7.11 Å². The van der Waals surface area contributed by atoms with Gasteiger partial charge in [0.2, 0.25) is 0 Å². The maximum atomic E-state index is 5.17. The van der Waals surface area contributed by atoms with Gasteiger partial charge in [0.15, 0.2) is 0 Å². The third kappa shape index (κ3) is 5.76. The molecule has 21 heavy (non-hydrogen) atoms. The van der Waals surface area contributed by atoms with Crippen LogP contribution < -0.4 is 8.45 Å². The molecule has 0 bridgehead atoms. The van der Waals surface area contributed by atoms with Crippen LogP contribution in [0.2, 0.25) is 13.3 Å². The molecule has 1 aromatic rings. The predicted octanol–water partition coefficient (Wildman–Crippen LogP) is 4.54. The van der Waals surface area contributed by atoms with Gasteiger partial charge in [-0.3, -0.25) is 0 Å². The molecule has 0 saturated carbocycles. The summed E-state index contributed by atoms with van der Waals surface area (Å²) in [6, 6.07) is 4.24. The van der Waals surface area contributed by atoms with Crippen molar-refractivity contribution in [3.8, 4) is 5.88 Å². The van der Waals surface area contributed by atoms with E-state index in [0.717, 1.165) is 0 Å². The zero-order valence-electron chi connectivity index (χ0n) is 14.3. The summed E-state index contributed by atoms with van der Waals surface area (Å²) in [6.45, 7) is 6.90. The molecule has 0 amide bonds. The van der Waals surface area contributed by atoms with Gasteiger partial charge in [0.1, 0.15) is 0 Å². The van der Waals surface area contributed by atoms with Crippen LogP contribution in [0.4, 0.5) is 0 Å². The summed E-state index contributed by atoms with van der Waals surface area (Å²) in [4.78, 5) is 0. The predicted molar refractivity (Wildman–Crippen MR) is 93.1 cm³/mol. The summed E-state index contributed by atoms with van der Waals surface area (Å²) in [5, 5.41) is 8.87. The quantitative estimate of drug-likeness (QED) is 0.513. The van der Waals surface area contributed by atoms with Crippen LogP contribution in [0.5, 0.6) is 5.88 Å². The molecule has 1 aromatic heterocycles. The Kier molecular flexibility index (Phi) is 9.29. The minimum atomic E-state index is -2.37. The van der Waals surface area contributed by atoms with Crippen molar-refractivity contribution in [2.24, 2.45) is 0 Å². The van der Waals surface area contributed by atoms with Gasteiger partial charge in [-0.15, -0.1) is 0 Å². The molecule has 0 fully saturated rings. The van der Waals surface area contributed by atoms with E-state index in [1.165, 1.54) is 55.5 Å². The number of aromatic nitrogens is 2. The van der Waals surface area contributed by atoms with E-state index in [4.69, 9.17) is 4.74 Å². The number of unbranched alkanes of at least 4 members (excludes halogenated alkanes) is 3. The molecule has 1 rings (SSSR count). The van der Waals surface area contributed by atoms with Crippen LogP contribution in [0.15, 0.2) is 12.1 Å². The van der Waals surface area contributed by atoms with E-state index in [1.807, 2.05) is 6.07 Å². The van der Waals surface area contributed by atoms with Crippen LogP contribution in [-0.2, 0) is 0 Å². The molecule has 3 nitrogen and oxygen atoms in total. The van der Waals surface area contributed by atoms with E-state index in [2.05, 4.69) is 37.0 Å². The van der Waals surface area contributed by atoms with Gasteiger partial charge >= 0.3 is 135 Å². The standard InChI is InChI=1S/C5H5N2O.3C4H9.Sn/c1-8-5-3-2-4-6-7-5;3*1-3-4-2;/h2-3H,1H3;3*1,3-4H2,2H3;. The number of methoxy groups -OCH3 is 1. The second-order valence-corrected chi connectivity index (χ2v) is 19.1. The zero-order valence-corrected chi connectivity index (χ0v) is 17.2. The summed E-state index contributed by atoms with van der Waals surface area (Å²) >= 11 is -2.37. The fourth-order valence-electron chi connectivity index (χ4n) is 3.02. The molecule has 0 saturated heterocycles. The van der Waals surface area contributed by atoms with E-state index in [-0.39, 0.29) is 0 Å². The van der Waals surface area contributed by atoms with Crippen molar-refractivity contribution < 1.29 is 4.74 Å².